The third-order valence-corrected chi connectivity index (χ3v) is 4.40. The molecule has 3 aromatic rings. The average Bonchev–Trinajstić information content (AvgIpc) is 3.03. The Hall–Kier alpha value is -3.28. The maximum absolute atomic E-state index is 12.9. The summed E-state index contributed by atoms with van der Waals surface area (Å²) < 4.78 is 12.2. The normalized spacial score (nSPS) is 10.6. The fraction of sp³-hybridized carbons (Fsp3) is 0.238. The lowest BCUT2D eigenvalue weighted by atomic mass is 10.1. The van der Waals surface area contributed by atoms with Gasteiger partial charge < -0.3 is 9.47 Å². The molecule has 0 fully saturated rings. The molecule has 140 valence electrons. The molecule has 0 saturated heterocycles. The zero-order valence-electron chi connectivity index (χ0n) is 16.2. The number of methoxy groups -OCH3 is 2. The van der Waals surface area contributed by atoms with E-state index in [2.05, 4.69) is 22.5 Å². The fourth-order valence-corrected chi connectivity index (χ4v) is 2.85. The average molecular weight is 365 g/mol. The van der Waals surface area contributed by atoms with E-state index in [1.165, 1.54) is 0 Å². The first-order valence-electron chi connectivity index (χ1n) is 8.59. The molecule has 0 spiro atoms. The number of rotatable bonds is 5. The molecule has 1 N–H and O–H groups in total. The van der Waals surface area contributed by atoms with E-state index in [4.69, 9.17) is 9.47 Å². The first kappa shape index (κ1) is 18.5. The Morgan fingerprint density at radius 1 is 1.00 bits per heavy atom. The Labute approximate surface area is 158 Å². The van der Waals surface area contributed by atoms with Gasteiger partial charge in [0.25, 0.3) is 5.91 Å². The van der Waals surface area contributed by atoms with Gasteiger partial charge in [-0.1, -0.05) is 17.7 Å². The number of ether oxygens (including phenoxy) is 2. The second-order valence-electron chi connectivity index (χ2n) is 6.42. The van der Waals surface area contributed by atoms with Crippen LogP contribution >= 0.6 is 0 Å². The number of amides is 1. The summed E-state index contributed by atoms with van der Waals surface area (Å²) in [6.45, 7) is 5.95. The minimum Gasteiger partial charge on any atom is -0.497 e. The molecular weight excluding hydrogens is 342 g/mol. The van der Waals surface area contributed by atoms with Crippen molar-refractivity contribution < 1.29 is 14.3 Å². The van der Waals surface area contributed by atoms with Gasteiger partial charge >= 0.3 is 0 Å². The number of nitrogens with one attached hydrogen (secondary N) is 1. The van der Waals surface area contributed by atoms with Crippen LogP contribution in [0.25, 0.3) is 11.4 Å². The summed E-state index contributed by atoms with van der Waals surface area (Å²) in [6, 6.07) is 11.2. The standard InChI is InChI=1S/C21H23N3O3/c1-13-6-7-14(2)19(8-13)20-22-12-15(3)24(20)23-21(25)16-9-17(26-4)11-18(10-16)27-5/h6-12H,1-5H3,(H,23,25). The van der Waals surface area contributed by atoms with E-state index < -0.39 is 0 Å². The van der Waals surface area contributed by atoms with Gasteiger partial charge in [0.15, 0.2) is 5.82 Å². The van der Waals surface area contributed by atoms with E-state index in [-0.39, 0.29) is 5.91 Å². The molecule has 1 heterocycles. The summed E-state index contributed by atoms with van der Waals surface area (Å²) in [7, 11) is 3.10. The molecule has 0 saturated carbocycles. The molecular formula is C21H23N3O3. The van der Waals surface area contributed by atoms with Crippen molar-refractivity contribution in [3.05, 3.63) is 65.0 Å². The molecule has 0 unspecified atom stereocenters. The van der Waals surface area contributed by atoms with Crippen molar-refractivity contribution in [1.29, 1.82) is 0 Å². The second-order valence-corrected chi connectivity index (χ2v) is 6.42. The SMILES string of the molecule is COc1cc(OC)cc(C(=O)Nn2c(C)cnc2-c2cc(C)ccc2C)c1. The van der Waals surface area contributed by atoms with Gasteiger partial charge in [-0.05, 0) is 44.5 Å². The summed E-state index contributed by atoms with van der Waals surface area (Å²) in [5.74, 6) is 1.52. The third kappa shape index (κ3) is 3.79. The lowest BCUT2D eigenvalue weighted by Crippen LogP contribution is -2.25. The number of aromatic nitrogens is 2. The number of hydrogen-bond acceptors (Lipinski definition) is 4. The highest BCUT2D eigenvalue weighted by atomic mass is 16.5. The lowest BCUT2D eigenvalue weighted by Gasteiger charge is -2.14. The minimum absolute atomic E-state index is 0.278. The molecule has 1 aromatic heterocycles. The van der Waals surface area contributed by atoms with E-state index >= 15 is 0 Å². The number of aryl methyl sites for hydroxylation is 3. The molecule has 0 radical (unpaired) electrons. The van der Waals surface area contributed by atoms with Crippen LogP contribution in [0.15, 0.2) is 42.6 Å². The highest BCUT2D eigenvalue weighted by Gasteiger charge is 2.16. The first-order valence-corrected chi connectivity index (χ1v) is 8.59. The van der Waals surface area contributed by atoms with Crippen LogP contribution in [0.2, 0.25) is 0 Å². The quantitative estimate of drug-likeness (QED) is 0.745. The highest BCUT2D eigenvalue weighted by Crippen LogP contribution is 2.25. The van der Waals surface area contributed by atoms with Crippen molar-refractivity contribution in [3.8, 4) is 22.9 Å². The van der Waals surface area contributed by atoms with Crippen LogP contribution < -0.4 is 14.9 Å². The van der Waals surface area contributed by atoms with Crippen molar-refractivity contribution in [2.75, 3.05) is 19.6 Å². The summed E-state index contributed by atoms with van der Waals surface area (Å²) in [5.41, 5.74) is 7.39. The summed E-state index contributed by atoms with van der Waals surface area (Å²) >= 11 is 0. The topological polar surface area (TPSA) is 65.4 Å². The first-order chi connectivity index (χ1) is 12.9. The number of imidazole rings is 1. The lowest BCUT2D eigenvalue weighted by molar-refractivity contribution is 0.101. The fourth-order valence-electron chi connectivity index (χ4n) is 2.85. The van der Waals surface area contributed by atoms with Crippen LogP contribution in [0, 0.1) is 20.8 Å². The molecule has 27 heavy (non-hydrogen) atoms. The van der Waals surface area contributed by atoms with Gasteiger partial charge in [-0.3, -0.25) is 10.2 Å². The van der Waals surface area contributed by atoms with Crippen molar-refractivity contribution >= 4 is 5.91 Å². The van der Waals surface area contributed by atoms with Gasteiger partial charge in [-0.2, -0.15) is 0 Å². The van der Waals surface area contributed by atoms with Gasteiger partial charge in [-0.15, -0.1) is 0 Å². The highest BCUT2D eigenvalue weighted by molar-refractivity contribution is 6.01. The molecule has 0 atom stereocenters. The predicted octanol–water partition coefficient (Wildman–Crippen LogP) is 3.88. The molecule has 2 aromatic carbocycles. The minimum atomic E-state index is -0.278. The molecule has 0 bridgehead atoms. The molecule has 6 heteroatoms. The number of carbonyl (C=O) groups is 1. The Balaban J connectivity index is 1.98. The molecule has 0 aliphatic heterocycles. The molecule has 1 amide bonds. The number of hydrogen-bond donors (Lipinski definition) is 1. The summed E-state index contributed by atoms with van der Waals surface area (Å²) in [4.78, 5) is 17.4. The van der Waals surface area contributed by atoms with Crippen molar-refractivity contribution in [2.45, 2.75) is 20.8 Å². The monoisotopic (exact) mass is 365 g/mol. The Kier molecular flexibility index (Phi) is 5.16. The van der Waals surface area contributed by atoms with Crippen molar-refractivity contribution in [1.82, 2.24) is 9.66 Å². The molecule has 6 nitrogen and oxygen atoms in total. The van der Waals surface area contributed by atoms with Crippen LogP contribution in [0.5, 0.6) is 11.5 Å². The number of benzene rings is 2. The smallest absolute Gasteiger partial charge is 0.270 e. The van der Waals surface area contributed by atoms with Crippen LogP contribution in [-0.4, -0.2) is 29.8 Å². The van der Waals surface area contributed by atoms with Gasteiger partial charge in [0, 0.05) is 17.2 Å². The third-order valence-electron chi connectivity index (χ3n) is 4.40. The molecule has 3 rings (SSSR count). The largest absolute Gasteiger partial charge is 0.497 e. The Bertz CT molecular complexity index is 970. The predicted molar refractivity (Wildman–Crippen MR) is 105 cm³/mol. The van der Waals surface area contributed by atoms with Crippen molar-refractivity contribution in [3.63, 3.8) is 0 Å². The summed E-state index contributed by atoms with van der Waals surface area (Å²) in [5, 5.41) is 0. The van der Waals surface area contributed by atoms with Gasteiger partial charge in [-0.25, -0.2) is 9.66 Å². The van der Waals surface area contributed by atoms with Crippen LogP contribution in [0.1, 0.15) is 27.2 Å². The number of carbonyl (C=O) groups excluding carboxylic acids is 1. The molecule has 0 aliphatic rings. The van der Waals surface area contributed by atoms with E-state index in [9.17, 15) is 4.79 Å². The van der Waals surface area contributed by atoms with E-state index in [0.717, 1.165) is 22.4 Å². The number of nitrogens with zero attached hydrogens (tertiary/aromatic N) is 2. The zero-order chi connectivity index (χ0) is 19.6. The van der Waals surface area contributed by atoms with E-state index in [1.807, 2.05) is 26.8 Å². The maximum atomic E-state index is 12.9. The summed E-state index contributed by atoms with van der Waals surface area (Å²) in [6.07, 6.45) is 1.74. The zero-order valence-corrected chi connectivity index (χ0v) is 16.2. The van der Waals surface area contributed by atoms with Gasteiger partial charge in [0.1, 0.15) is 11.5 Å². The van der Waals surface area contributed by atoms with Crippen LogP contribution in [0.3, 0.4) is 0 Å². The Morgan fingerprint density at radius 3 is 2.30 bits per heavy atom. The van der Waals surface area contributed by atoms with E-state index in [0.29, 0.717) is 22.9 Å². The Morgan fingerprint density at radius 2 is 1.67 bits per heavy atom. The van der Waals surface area contributed by atoms with Gasteiger partial charge in [0.05, 0.1) is 26.1 Å². The second kappa shape index (κ2) is 7.53. The van der Waals surface area contributed by atoms with Crippen LogP contribution in [-0.2, 0) is 0 Å². The van der Waals surface area contributed by atoms with Gasteiger partial charge in [0.2, 0.25) is 0 Å². The maximum Gasteiger partial charge on any atom is 0.270 e. The van der Waals surface area contributed by atoms with E-state index in [1.54, 1.807) is 43.3 Å². The molecule has 0 aliphatic carbocycles. The van der Waals surface area contributed by atoms with Crippen LogP contribution in [0.4, 0.5) is 0 Å². The van der Waals surface area contributed by atoms with Crippen molar-refractivity contribution in [2.24, 2.45) is 0 Å².